The molecule has 0 aromatic heterocycles. The van der Waals surface area contributed by atoms with E-state index in [1.54, 1.807) is 0 Å². The Morgan fingerprint density at radius 3 is 0.596 bits per heavy atom. The summed E-state index contributed by atoms with van der Waals surface area (Å²) in [4.78, 5) is 0. The predicted octanol–water partition coefficient (Wildman–Crippen LogP) is 6.32. The maximum Gasteiger partial charge on any atom is 0.112 e. The maximum absolute atomic E-state index is 2.37. The van der Waals surface area contributed by atoms with Crippen LogP contribution < -0.4 is 55.8 Å². The van der Waals surface area contributed by atoms with E-state index < -0.39 is 14.5 Å². The number of hydrogen-bond donors (Lipinski definition) is 0. The van der Waals surface area contributed by atoms with E-state index in [0.29, 0.717) is 0 Å². The summed E-state index contributed by atoms with van der Waals surface area (Å²) in [5.74, 6) is 0. The fourth-order valence-corrected chi connectivity index (χ4v) is 16.0. The van der Waals surface area contributed by atoms with Crippen LogP contribution >= 0.6 is 14.5 Å². The van der Waals surface area contributed by atoms with Crippen LogP contribution in [0.3, 0.4) is 0 Å². The highest BCUT2D eigenvalue weighted by molar-refractivity contribution is 7.96. The van der Waals surface area contributed by atoms with E-state index in [9.17, 15) is 0 Å². The van der Waals surface area contributed by atoms with Crippen LogP contribution in [0, 0.1) is 0 Å². The van der Waals surface area contributed by atoms with E-state index in [1.807, 2.05) is 0 Å². The van der Waals surface area contributed by atoms with Gasteiger partial charge in [-0.3, -0.25) is 0 Å². The normalized spacial score (nSPS) is 11.5. The van der Waals surface area contributed by atoms with Crippen molar-refractivity contribution in [2.75, 3.05) is 12.3 Å². The van der Waals surface area contributed by atoms with E-state index in [2.05, 4.69) is 182 Å². The summed E-state index contributed by atoms with van der Waals surface area (Å²) in [5.41, 5.74) is 0. The van der Waals surface area contributed by atoms with Crippen molar-refractivity contribution < 1.29 is 24.0 Å². The Morgan fingerprint density at radius 1 is 0.234 bits per heavy atom. The highest BCUT2D eigenvalue weighted by atomic mass is 127. The van der Waals surface area contributed by atoms with Gasteiger partial charge in [-0.05, 0) is 98.5 Å². The molecule has 0 aliphatic heterocycles. The minimum atomic E-state index is -1.73. The van der Waals surface area contributed by atoms with E-state index in [-0.39, 0.29) is 24.0 Å². The van der Waals surface area contributed by atoms with Crippen molar-refractivity contribution in [3.8, 4) is 0 Å². The van der Waals surface area contributed by atoms with E-state index in [4.69, 9.17) is 0 Å². The number of hydrogen-bond acceptors (Lipinski definition) is 0. The first-order chi connectivity index (χ1) is 22.8. The second-order valence-electron chi connectivity index (χ2n) is 12.2. The molecule has 238 valence electrons. The van der Waals surface area contributed by atoms with Crippen LogP contribution in [0.2, 0.25) is 0 Å². The van der Waals surface area contributed by atoms with Crippen LogP contribution in [-0.4, -0.2) is 12.3 Å². The van der Waals surface area contributed by atoms with E-state index in [1.165, 1.54) is 82.7 Å². The molecular weight excluding hydrogens is 717 g/mol. The van der Waals surface area contributed by atoms with Crippen molar-refractivity contribution >= 4 is 46.4 Å². The molecule has 0 saturated carbocycles. The van der Waals surface area contributed by atoms with Crippen LogP contribution in [-0.2, 0) is 0 Å². The van der Waals surface area contributed by atoms with Gasteiger partial charge in [0.2, 0.25) is 0 Å². The number of benzene rings is 6. The molecule has 0 aliphatic rings. The lowest BCUT2D eigenvalue weighted by molar-refractivity contribution is -0.00000891. The number of unbranched alkanes of at least 4 members (excludes halogenated alkanes) is 5. The fraction of sp³-hybridized carbons (Fsp3) is 0.182. The lowest BCUT2D eigenvalue weighted by Crippen LogP contribution is -3.00. The first kappa shape index (κ1) is 35.2. The standard InChI is InChI=1S/C44H46P2.HI/c1(3-23-37-45(39-25-11-5-12-26-39,40-27-13-6-14-28-40)41-29-15-7-16-30-41)2-4-24-38-46(42-31-17-8-18-32-42,43-33-19-9-20-34-43)44-35-21-10-22-36-44;/h5-22,25-36H,1-4,23-24,37-38H2;1H/q+2;/p-1. The maximum atomic E-state index is 2.37. The molecule has 6 rings (SSSR count). The van der Waals surface area contributed by atoms with Crippen molar-refractivity contribution in [1.29, 1.82) is 0 Å². The molecule has 6 aromatic carbocycles. The van der Waals surface area contributed by atoms with Gasteiger partial charge < -0.3 is 24.0 Å². The molecule has 6 aromatic rings. The lowest BCUT2D eigenvalue weighted by atomic mass is 10.1. The molecule has 0 radical (unpaired) electrons. The third-order valence-corrected chi connectivity index (χ3v) is 18.5. The summed E-state index contributed by atoms with van der Waals surface area (Å²) in [7, 11) is -3.47. The van der Waals surface area contributed by atoms with Gasteiger partial charge in [-0.1, -0.05) is 122 Å². The van der Waals surface area contributed by atoms with Crippen molar-refractivity contribution in [3.63, 3.8) is 0 Å². The lowest BCUT2D eigenvalue weighted by Gasteiger charge is -2.28. The molecule has 0 heterocycles. The Labute approximate surface area is 301 Å². The Balaban J connectivity index is 0.00000433. The summed E-state index contributed by atoms with van der Waals surface area (Å²) < 4.78 is 0. The van der Waals surface area contributed by atoms with E-state index in [0.717, 1.165) is 0 Å². The van der Waals surface area contributed by atoms with Crippen LogP contribution in [0.5, 0.6) is 0 Å². The zero-order valence-electron chi connectivity index (χ0n) is 27.2. The van der Waals surface area contributed by atoms with Gasteiger partial charge in [-0.25, -0.2) is 0 Å². The van der Waals surface area contributed by atoms with Crippen LogP contribution in [0.4, 0.5) is 0 Å². The summed E-state index contributed by atoms with van der Waals surface area (Å²) in [6, 6.07) is 68.0. The summed E-state index contributed by atoms with van der Waals surface area (Å²) in [5, 5.41) is 8.97. The van der Waals surface area contributed by atoms with Crippen LogP contribution in [0.25, 0.3) is 0 Å². The topological polar surface area (TPSA) is 0 Å². The van der Waals surface area contributed by atoms with Crippen molar-refractivity contribution in [2.45, 2.75) is 38.5 Å². The third-order valence-electron chi connectivity index (χ3n) is 9.42. The Hall–Kier alpha value is -3.09. The minimum absolute atomic E-state index is 0. The molecule has 0 bridgehead atoms. The zero-order valence-corrected chi connectivity index (χ0v) is 31.2. The molecule has 0 nitrogen and oxygen atoms in total. The molecule has 0 saturated heterocycles. The number of halogens is 1. The first-order valence-electron chi connectivity index (χ1n) is 16.9. The van der Waals surface area contributed by atoms with Gasteiger partial charge in [0.15, 0.2) is 0 Å². The van der Waals surface area contributed by atoms with Gasteiger partial charge in [0.25, 0.3) is 0 Å². The molecule has 47 heavy (non-hydrogen) atoms. The van der Waals surface area contributed by atoms with Gasteiger partial charge in [0, 0.05) is 0 Å². The molecule has 0 fully saturated rings. The Kier molecular flexibility index (Phi) is 13.4. The smallest absolute Gasteiger partial charge is 0.112 e. The minimum Gasteiger partial charge on any atom is -1.00 e. The molecule has 0 amide bonds. The summed E-state index contributed by atoms with van der Waals surface area (Å²) >= 11 is 0. The van der Waals surface area contributed by atoms with Crippen LogP contribution in [0.1, 0.15) is 38.5 Å². The molecule has 3 heteroatoms. The van der Waals surface area contributed by atoms with Gasteiger partial charge in [0.05, 0.1) is 12.3 Å². The van der Waals surface area contributed by atoms with Gasteiger partial charge in [-0.15, -0.1) is 0 Å². The molecule has 0 atom stereocenters. The highest BCUT2D eigenvalue weighted by Crippen LogP contribution is 2.57. The van der Waals surface area contributed by atoms with Gasteiger partial charge >= 0.3 is 0 Å². The molecule has 0 unspecified atom stereocenters. The second kappa shape index (κ2) is 17.9. The summed E-state index contributed by atoms with van der Waals surface area (Å²) in [6.07, 6.45) is 10.1. The SMILES string of the molecule is [I-].c1ccc([P+](CCCCCCCC[P+](c2ccccc2)(c2ccccc2)c2ccccc2)(c2ccccc2)c2ccccc2)cc1. The van der Waals surface area contributed by atoms with Crippen molar-refractivity contribution in [2.24, 2.45) is 0 Å². The fourth-order valence-electron chi connectivity index (χ4n) is 7.17. The molecule has 0 spiro atoms. The zero-order chi connectivity index (χ0) is 31.3. The largest absolute Gasteiger partial charge is 1.00 e. The average molecular weight is 764 g/mol. The van der Waals surface area contributed by atoms with Crippen molar-refractivity contribution in [3.05, 3.63) is 182 Å². The Morgan fingerprint density at radius 2 is 0.404 bits per heavy atom. The van der Waals surface area contributed by atoms with Crippen molar-refractivity contribution in [1.82, 2.24) is 0 Å². The average Bonchev–Trinajstić information content (AvgIpc) is 3.15. The molecule has 0 N–H and O–H groups in total. The first-order valence-corrected chi connectivity index (χ1v) is 20.9. The highest BCUT2D eigenvalue weighted by Gasteiger charge is 2.45. The Bertz CT molecular complexity index is 1390. The summed E-state index contributed by atoms with van der Waals surface area (Å²) in [6.45, 7) is 0. The number of rotatable bonds is 15. The second-order valence-corrected chi connectivity index (χ2v) is 19.4. The predicted molar refractivity (Wildman–Crippen MR) is 208 cm³/mol. The van der Waals surface area contributed by atoms with E-state index >= 15 is 0 Å². The van der Waals surface area contributed by atoms with Gasteiger partial charge in [-0.2, -0.15) is 0 Å². The monoisotopic (exact) mass is 763 g/mol. The van der Waals surface area contributed by atoms with Crippen LogP contribution in [0.15, 0.2) is 182 Å². The molecular formula is C44H46IP2+. The molecule has 0 aliphatic carbocycles. The third kappa shape index (κ3) is 8.14. The van der Waals surface area contributed by atoms with Gasteiger partial charge in [0.1, 0.15) is 46.4 Å². The quantitative estimate of drug-likeness (QED) is 0.0654.